The fraction of sp³-hybridized carbons (Fsp3) is 0.276. The Morgan fingerprint density at radius 3 is 2.09 bits per heavy atom. The highest BCUT2D eigenvalue weighted by Gasteiger charge is 2.42. The second kappa shape index (κ2) is 8.69. The Balaban J connectivity index is 2.01. The van der Waals surface area contributed by atoms with Crippen molar-refractivity contribution in [3.8, 4) is 0 Å². The first-order valence-electron chi connectivity index (χ1n) is 11.6. The minimum absolute atomic E-state index is 0.00713. The third-order valence-electron chi connectivity index (χ3n) is 6.62. The van der Waals surface area contributed by atoms with Crippen LogP contribution in [0.25, 0.3) is 10.9 Å². The van der Waals surface area contributed by atoms with Crippen molar-refractivity contribution in [2.45, 2.75) is 52.0 Å². The van der Waals surface area contributed by atoms with E-state index >= 15 is 0 Å². The standard InChI is InChI=1S/C29H31N3O3/c1-18-6-10-23(11-7-18)29(27(30)35,17-20-8-12-22(13-9-20)28(3,4)5)32-15-14-21-16-19(2)31-24(25(21)32)26(33)34/h6-16H,17H2,1-5H3,(H2,30,35)(H,33,34). The first kappa shape index (κ1) is 24.2. The number of carboxylic acids is 1. The van der Waals surface area contributed by atoms with Crippen molar-refractivity contribution in [1.29, 1.82) is 0 Å². The van der Waals surface area contributed by atoms with E-state index in [4.69, 9.17) is 5.73 Å². The lowest BCUT2D eigenvalue weighted by Crippen LogP contribution is -2.49. The van der Waals surface area contributed by atoms with Gasteiger partial charge in [-0.1, -0.05) is 74.9 Å². The van der Waals surface area contributed by atoms with Crippen LogP contribution in [0.15, 0.2) is 66.9 Å². The molecule has 0 saturated heterocycles. The maximum atomic E-state index is 13.5. The molecule has 1 unspecified atom stereocenters. The zero-order chi connectivity index (χ0) is 25.5. The summed E-state index contributed by atoms with van der Waals surface area (Å²) in [6.07, 6.45) is 2.00. The van der Waals surface area contributed by atoms with Gasteiger partial charge in [0.25, 0.3) is 0 Å². The van der Waals surface area contributed by atoms with Crippen LogP contribution in [-0.4, -0.2) is 26.5 Å². The topological polar surface area (TPSA) is 98.2 Å². The summed E-state index contributed by atoms with van der Waals surface area (Å²) in [6, 6.07) is 19.4. The Kier molecular flexibility index (Phi) is 6.01. The molecule has 0 aliphatic carbocycles. The monoisotopic (exact) mass is 469 g/mol. The summed E-state index contributed by atoms with van der Waals surface area (Å²) in [5.74, 6) is -1.73. The van der Waals surface area contributed by atoms with Crippen molar-refractivity contribution in [2.24, 2.45) is 5.73 Å². The van der Waals surface area contributed by atoms with E-state index in [9.17, 15) is 14.7 Å². The van der Waals surface area contributed by atoms with Gasteiger partial charge in [-0.2, -0.15) is 0 Å². The van der Waals surface area contributed by atoms with E-state index in [1.54, 1.807) is 17.7 Å². The SMILES string of the molecule is Cc1ccc(C(Cc2ccc(C(C)(C)C)cc2)(C(N)=O)n2ccc3cc(C)nc(C(=O)O)c32)cc1. The summed E-state index contributed by atoms with van der Waals surface area (Å²) in [4.78, 5) is 29.9. The molecule has 2 aromatic carbocycles. The predicted octanol–water partition coefficient (Wildman–Crippen LogP) is 5.12. The molecular formula is C29H31N3O3. The highest BCUT2D eigenvalue weighted by atomic mass is 16.4. The number of aryl methyl sites for hydroxylation is 2. The first-order valence-corrected chi connectivity index (χ1v) is 11.6. The molecule has 2 aromatic heterocycles. The molecule has 0 fully saturated rings. The molecule has 0 spiro atoms. The van der Waals surface area contributed by atoms with Gasteiger partial charge in [-0.05, 0) is 48.1 Å². The molecule has 0 saturated carbocycles. The number of nitrogens with two attached hydrogens (primary N) is 1. The smallest absolute Gasteiger partial charge is 0.356 e. The number of pyridine rings is 1. The average molecular weight is 470 g/mol. The van der Waals surface area contributed by atoms with Gasteiger partial charge < -0.3 is 15.4 Å². The molecule has 4 rings (SSSR count). The molecule has 0 aliphatic heterocycles. The molecule has 2 heterocycles. The summed E-state index contributed by atoms with van der Waals surface area (Å²) >= 11 is 0. The number of primary amides is 1. The van der Waals surface area contributed by atoms with Gasteiger partial charge in [0.1, 0.15) is 0 Å². The number of hydrogen-bond acceptors (Lipinski definition) is 3. The van der Waals surface area contributed by atoms with Crippen molar-refractivity contribution < 1.29 is 14.7 Å². The molecule has 1 atom stereocenters. The van der Waals surface area contributed by atoms with Gasteiger partial charge in [-0.25, -0.2) is 9.78 Å². The van der Waals surface area contributed by atoms with Crippen LogP contribution in [0.5, 0.6) is 0 Å². The quantitative estimate of drug-likeness (QED) is 0.409. The van der Waals surface area contributed by atoms with E-state index in [1.165, 1.54) is 5.56 Å². The Hall–Kier alpha value is -3.93. The number of carbonyl (C=O) groups is 2. The lowest BCUT2D eigenvalue weighted by Gasteiger charge is -2.34. The summed E-state index contributed by atoms with van der Waals surface area (Å²) in [7, 11) is 0. The van der Waals surface area contributed by atoms with Gasteiger partial charge in [0.15, 0.2) is 11.2 Å². The van der Waals surface area contributed by atoms with Crippen LogP contribution < -0.4 is 5.73 Å². The average Bonchev–Trinajstić information content (AvgIpc) is 3.21. The molecule has 6 nitrogen and oxygen atoms in total. The Morgan fingerprint density at radius 1 is 0.943 bits per heavy atom. The van der Waals surface area contributed by atoms with Gasteiger partial charge in [0.05, 0.1) is 5.52 Å². The van der Waals surface area contributed by atoms with Crippen LogP contribution in [0.1, 0.15) is 59.2 Å². The molecule has 180 valence electrons. The maximum Gasteiger partial charge on any atom is 0.356 e. The van der Waals surface area contributed by atoms with Crippen molar-refractivity contribution in [3.63, 3.8) is 0 Å². The molecule has 0 radical (unpaired) electrons. The number of carbonyl (C=O) groups excluding carboxylic acids is 1. The zero-order valence-electron chi connectivity index (χ0n) is 20.8. The summed E-state index contributed by atoms with van der Waals surface area (Å²) < 4.78 is 1.70. The van der Waals surface area contributed by atoms with Crippen LogP contribution in [-0.2, 0) is 22.2 Å². The van der Waals surface area contributed by atoms with Crippen LogP contribution in [0.2, 0.25) is 0 Å². The van der Waals surface area contributed by atoms with Crippen LogP contribution >= 0.6 is 0 Å². The van der Waals surface area contributed by atoms with E-state index in [-0.39, 0.29) is 17.5 Å². The van der Waals surface area contributed by atoms with Gasteiger partial charge >= 0.3 is 5.97 Å². The largest absolute Gasteiger partial charge is 0.476 e. The van der Waals surface area contributed by atoms with E-state index in [0.717, 1.165) is 11.1 Å². The van der Waals surface area contributed by atoms with Crippen molar-refractivity contribution >= 4 is 22.8 Å². The number of aromatic carboxylic acids is 1. The number of aromatic nitrogens is 2. The third-order valence-corrected chi connectivity index (χ3v) is 6.62. The van der Waals surface area contributed by atoms with Crippen molar-refractivity contribution in [3.05, 3.63) is 101 Å². The third kappa shape index (κ3) is 4.32. The summed E-state index contributed by atoms with van der Waals surface area (Å²) in [6.45, 7) is 10.2. The number of nitrogens with zero attached hydrogens (tertiary/aromatic N) is 2. The van der Waals surface area contributed by atoms with Gasteiger partial charge in [-0.15, -0.1) is 0 Å². The number of benzene rings is 2. The second-order valence-corrected chi connectivity index (χ2v) is 10.3. The summed E-state index contributed by atoms with van der Waals surface area (Å²) in [5.41, 5.74) is 9.51. The molecule has 0 aliphatic rings. The Labute approximate surface area is 205 Å². The Morgan fingerprint density at radius 2 is 1.54 bits per heavy atom. The number of fused-ring (bicyclic) bond motifs is 1. The zero-order valence-corrected chi connectivity index (χ0v) is 20.8. The highest BCUT2D eigenvalue weighted by molar-refractivity contribution is 6.02. The van der Waals surface area contributed by atoms with Crippen molar-refractivity contribution in [2.75, 3.05) is 0 Å². The molecule has 0 bridgehead atoms. The lowest BCUT2D eigenvalue weighted by molar-refractivity contribution is -0.124. The highest BCUT2D eigenvalue weighted by Crippen LogP contribution is 2.36. The van der Waals surface area contributed by atoms with E-state index in [1.807, 2.05) is 55.5 Å². The maximum absolute atomic E-state index is 13.5. The minimum atomic E-state index is -1.36. The number of carboxylic acid groups (broad SMARTS) is 1. The molecule has 4 aromatic rings. The number of hydrogen-bond donors (Lipinski definition) is 2. The molecule has 3 N–H and O–H groups in total. The normalized spacial score (nSPS) is 13.5. The Bertz CT molecular complexity index is 1410. The fourth-order valence-electron chi connectivity index (χ4n) is 4.69. The van der Waals surface area contributed by atoms with Crippen LogP contribution in [0.3, 0.4) is 0 Å². The lowest BCUT2D eigenvalue weighted by atomic mass is 9.80. The van der Waals surface area contributed by atoms with E-state index < -0.39 is 17.4 Å². The van der Waals surface area contributed by atoms with E-state index in [0.29, 0.717) is 22.2 Å². The molecule has 1 amide bonds. The van der Waals surface area contributed by atoms with Gasteiger partial charge in [0.2, 0.25) is 5.91 Å². The minimum Gasteiger partial charge on any atom is -0.476 e. The second-order valence-electron chi connectivity index (χ2n) is 10.3. The molecule has 35 heavy (non-hydrogen) atoms. The predicted molar refractivity (Wildman–Crippen MR) is 138 cm³/mol. The number of rotatable bonds is 6. The van der Waals surface area contributed by atoms with Crippen LogP contribution in [0.4, 0.5) is 0 Å². The van der Waals surface area contributed by atoms with E-state index in [2.05, 4.69) is 37.9 Å². The molecular weight excluding hydrogens is 438 g/mol. The molecule has 6 heteroatoms. The van der Waals surface area contributed by atoms with Crippen molar-refractivity contribution in [1.82, 2.24) is 9.55 Å². The number of amides is 1. The first-order chi connectivity index (χ1) is 16.4. The van der Waals surface area contributed by atoms with Gasteiger partial charge in [-0.3, -0.25) is 4.79 Å². The summed E-state index contributed by atoms with van der Waals surface area (Å²) in [5, 5.41) is 10.7. The van der Waals surface area contributed by atoms with Gasteiger partial charge in [0, 0.05) is 23.7 Å². The van der Waals surface area contributed by atoms with Crippen LogP contribution in [0, 0.1) is 13.8 Å². The fourth-order valence-corrected chi connectivity index (χ4v) is 4.69.